The lowest BCUT2D eigenvalue weighted by molar-refractivity contribution is 0.0696. The molecule has 1 heterocycles. The molecular weight excluding hydrogens is 323 g/mol. The van der Waals surface area contributed by atoms with E-state index in [4.69, 9.17) is 4.52 Å². The molecule has 5 nitrogen and oxygen atoms in total. The lowest BCUT2D eigenvalue weighted by Crippen LogP contribution is -2.02. The molecule has 128 valence electrons. The molecule has 0 bridgehead atoms. The first kappa shape index (κ1) is 16.8. The van der Waals surface area contributed by atoms with E-state index in [1.54, 1.807) is 39.0 Å². The largest absolute Gasteiger partial charge is 0.478 e. The van der Waals surface area contributed by atoms with Gasteiger partial charge >= 0.3 is 5.97 Å². The number of hydrogen-bond acceptors (Lipinski definition) is 4. The molecule has 0 aliphatic carbocycles. The first-order chi connectivity index (χ1) is 11.8. The topological polar surface area (TPSA) is 76.2 Å². The van der Waals surface area contributed by atoms with Gasteiger partial charge in [-0.15, -0.1) is 0 Å². The van der Waals surface area contributed by atoms with Crippen LogP contribution in [0.2, 0.25) is 0 Å². The Morgan fingerprint density at radius 1 is 1.08 bits per heavy atom. The number of hydrogen-bond donors (Lipinski definition) is 1. The van der Waals surface area contributed by atoms with Crippen LogP contribution in [0.15, 0.2) is 28.8 Å². The second kappa shape index (κ2) is 6.12. The number of halogens is 1. The van der Waals surface area contributed by atoms with Gasteiger partial charge in [0, 0.05) is 5.56 Å². The number of nitrogens with zero attached hydrogens (tertiary/aromatic N) is 2. The Balaban J connectivity index is 2.12. The summed E-state index contributed by atoms with van der Waals surface area (Å²) in [5.41, 5.74) is 3.62. The minimum absolute atomic E-state index is 0.0730. The third kappa shape index (κ3) is 2.91. The van der Waals surface area contributed by atoms with Crippen LogP contribution in [0.3, 0.4) is 0 Å². The first-order valence-corrected chi connectivity index (χ1v) is 7.74. The molecule has 0 radical (unpaired) electrons. The highest BCUT2D eigenvalue weighted by atomic mass is 19.1. The number of aryl methyl sites for hydroxylation is 3. The van der Waals surface area contributed by atoms with Gasteiger partial charge in [0.15, 0.2) is 0 Å². The van der Waals surface area contributed by atoms with Crippen molar-refractivity contribution in [1.82, 2.24) is 10.1 Å². The maximum atomic E-state index is 14.4. The number of aromatic nitrogens is 2. The van der Waals surface area contributed by atoms with E-state index in [0.717, 1.165) is 5.56 Å². The van der Waals surface area contributed by atoms with E-state index in [1.165, 1.54) is 6.07 Å². The molecule has 0 atom stereocenters. The van der Waals surface area contributed by atoms with Gasteiger partial charge in [-0.05, 0) is 62.1 Å². The fraction of sp³-hybridized carbons (Fsp3) is 0.211. The minimum atomic E-state index is -1.02. The fourth-order valence-electron chi connectivity index (χ4n) is 2.69. The van der Waals surface area contributed by atoms with Crippen LogP contribution in [0.1, 0.15) is 32.6 Å². The van der Waals surface area contributed by atoms with Crippen molar-refractivity contribution >= 4 is 5.97 Å². The van der Waals surface area contributed by atoms with Gasteiger partial charge in [-0.25, -0.2) is 9.18 Å². The van der Waals surface area contributed by atoms with E-state index in [2.05, 4.69) is 10.1 Å². The molecule has 0 spiro atoms. The predicted molar refractivity (Wildman–Crippen MR) is 91.0 cm³/mol. The van der Waals surface area contributed by atoms with Gasteiger partial charge in [-0.1, -0.05) is 17.3 Å². The smallest absolute Gasteiger partial charge is 0.335 e. The maximum Gasteiger partial charge on any atom is 0.335 e. The lowest BCUT2D eigenvalue weighted by atomic mass is 9.99. The van der Waals surface area contributed by atoms with Crippen molar-refractivity contribution in [3.8, 4) is 22.8 Å². The number of benzene rings is 2. The zero-order chi connectivity index (χ0) is 18.3. The molecular formula is C19H17FN2O3. The highest BCUT2D eigenvalue weighted by Gasteiger charge is 2.20. The van der Waals surface area contributed by atoms with Crippen LogP contribution < -0.4 is 0 Å². The highest BCUT2D eigenvalue weighted by Crippen LogP contribution is 2.30. The second-order valence-electron chi connectivity index (χ2n) is 6.08. The summed E-state index contributed by atoms with van der Waals surface area (Å²) in [5.74, 6) is -1.13. The minimum Gasteiger partial charge on any atom is -0.478 e. The summed E-state index contributed by atoms with van der Waals surface area (Å²) in [5, 5.41) is 13.2. The Morgan fingerprint density at radius 3 is 2.44 bits per heavy atom. The van der Waals surface area contributed by atoms with Gasteiger partial charge in [0.05, 0.1) is 11.1 Å². The van der Waals surface area contributed by atoms with Crippen molar-refractivity contribution in [2.24, 2.45) is 0 Å². The summed E-state index contributed by atoms with van der Waals surface area (Å²) in [7, 11) is 0. The lowest BCUT2D eigenvalue weighted by Gasteiger charge is -2.07. The molecule has 25 heavy (non-hydrogen) atoms. The van der Waals surface area contributed by atoms with E-state index >= 15 is 0 Å². The molecule has 3 aromatic rings. The SMILES string of the molecule is Cc1cc(-c2noc(-c3c(C)ccc(C)c3F)n2)cc(C(=O)O)c1C. The molecule has 0 amide bonds. The summed E-state index contributed by atoms with van der Waals surface area (Å²) in [6.07, 6.45) is 0. The molecule has 0 aliphatic heterocycles. The van der Waals surface area contributed by atoms with Crippen LogP contribution in [-0.4, -0.2) is 21.2 Å². The van der Waals surface area contributed by atoms with Crippen LogP contribution in [0.25, 0.3) is 22.8 Å². The number of carboxylic acid groups (broad SMARTS) is 1. The average molecular weight is 340 g/mol. The molecule has 6 heteroatoms. The number of carboxylic acids is 1. The van der Waals surface area contributed by atoms with Crippen LogP contribution >= 0.6 is 0 Å². The Hall–Kier alpha value is -3.02. The molecule has 0 fully saturated rings. The quantitative estimate of drug-likeness (QED) is 0.761. The summed E-state index contributed by atoms with van der Waals surface area (Å²) in [6.45, 7) is 6.99. The Kier molecular flexibility index (Phi) is 4.12. The zero-order valence-electron chi connectivity index (χ0n) is 14.3. The fourth-order valence-corrected chi connectivity index (χ4v) is 2.69. The standard InChI is InChI=1S/C19H17FN2O3/c1-9-5-6-10(2)16(20)15(9)18-21-17(22-25-18)13-7-11(3)12(4)14(8-13)19(23)24/h5-8H,1-4H3,(H,23,24). The van der Waals surface area contributed by atoms with Gasteiger partial charge in [-0.3, -0.25) is 0 Å². The molecule has 2 aromatic carbocycles. The highest BCUT2D eigenvalue weighted by molar-refractivity contribution is 5.91. The summed E-state index contributed by atoms with van der Waals surface area (Å²) >= 11 is 0. The van der Waals surface area contributed by atoms with Crippen molar-refractivity contribution in [1.29, 1.82) is 0 Å². The molecule has 3 rings (SSSR count). The first-order valence-electron chi connectivity index (χ1n) is 7.74. The Labute approximate surface area is 144 Å². The van der Waals surface area contributed by atoms with E-state index in [0.29, 0.717) is 22.3 Å². The number of carbonyl (C=O) groups is 1. The molecule has 0 aliphatic rings. The third-order valence-corrected chi connectivity index (χ3v) is 4.34. The summed E-state index contributed by atoms with van der Waals surface area (Å²) < 4.78 is 19.7. The zero-order valence-corrected chi connectivity index (χ0v) is 14.3. The molecule has 1 aromatic heterocycles. The monoisotopic (exact) mass is 340 g/mol. The van der Waals surface area contributed by atoms with E-state index < -0.39 is 11.8 Å². The van der Waals surface area contributed by atoms with Gasteiger partial charge in [0.1, 0.15) is 5.82 Å². The van der Waals surface area contributed by atoms with E-state index in [1.807, 2.05) is 6.92 Å². The second-order valence-corrected chi connectivity index (χ2v) is 6.08. The Bertz CT molecular complexity index is 993. The van der Waals surface area contributed by atoms with Crippen LogP contribution in [0, 0.1) is 33.5 Å². The number of aromatic carboxylic acids is 1. The Morgan fingerprint density at radius 2 is 1.76 bits per heavy atom. The van der Waals surface area contributed by atoms with E-state index in [-0.39, 0.29) is 22.8 Å². The van der Waals surface area contributed by atoms with Crippen molar-refractivity contribution in [3.63, 3.8) is 0 Å². The van der Waals surface area contributed by atoms with Crippen LogP contribution in [0.4, 0.5) is 4.39 Å². The van der Waals surface area contributed by atoms with Crippen molar-refractivity contribution in [3.05, 3.63) is 57.9 Å². The van der Waals surface area contributed by atoms with Gasteiger partial charge in [0.25, 0.3) is 5.89 Å². The van der Waals surface area contributed by atoms with Crippen LogP contribution in [-0.2, 0) is 0 Å². The molecule has 0 saturated carbocycles. The maximum absolute atomic E-state index is 14.4. The molecule has 0 saturated heterocycles. The van der Waals surface area contributed by atoms with Gasteiger partial charge in [0.2, 0.25) is 5.82 Å². The van der Waals surface area contributed by atoms with Crippen LogP contribution in [0.5, 0.6) is 0 Å². The average Bonchev–Trinajstić information content (AvgIpc) is 3.03. The third-order valence-electron chi connectivity index (χ3n) is 4.34. The van der Waals surface area contributed by atoms with Gasteiger partial charge in [-0.2, -0.15) is 4.98 Å². The van der Waals surface area contributed by atoms with Gasteiger partial charge < -0.3 is 9.63 Å². The van der Waals surface area contributed by atoms with E-state index in [9.17, 15) is 14.3 Å². The molecule has 0 unspecified atom stereocenters. The summed E-state index contributed by atoms with van der Waals surface area (Å²) in [4.78, 5) is 15.7. The van der Waals surface area contributed by atoms with Crippen molar-refractivity contribution in [2.45, 2.75) is 27.7 Å². The normalized spacial score (nSPS) is 10.9. The van der Waals surface area contributed by atoms with Crippen molar-refractivity contribution in [2.75, 3.05) is 0 Å². The number of rotatable bonds is 3. The predicted octanol–water partition coefficient (Wildman–Crippen LogP) is 4.47. The molecule has 1 N–H and O–H groups in total. The summed E-state index contributed by atoms with van der Waals surface area (Å²) in [6, 6.07) is 6.76. The van der Waals surface area contributed by atoms with Crippen molar-refractivity contribution < 1.29 is 18.8 Å².